The number of ether oxygens (including phenoxy) is 1. The highest BCUT2D eigenvalue weighted by atomic mass is 19.4. The Morgan fingerprint density at radius 3 is 2.68 bits per heavy atom. The van der Waals surface area contributed by atoms with Gasteiger partial charge >= 0.3 is 12.1 Å². The van der Waals surface area contributed by atoms with Gasteiger partial charge in [-0.05, 0) is 12.3 Å². The average Bonchev–Trinajstić information content (AvgIpc) is 2.32. The molecule has 0 saturated carbocycles. The van der Waals surface area contributed by atoms with Crippen LogP contribution in [0.2, 0.25) is 0 Å². The van der Waals surface area contributed by atoms with Gasteiger partial charge in [-0.1, -0.05) is 6.92 Å². The van der Waals surface area contributed by atoms with Gasteiger partial charge in [0.15, 0.2) is 0 Å². The number of carbonyl (C=O) groups excluding carboxylic acids is 1. The van der Waals surface area contributed by atoms with Gasteiger partial charge in [-0.3, -0.25) is 4.79 Å². The van der Waals surface area contributed by atoms with E-state index in [0.29, 0.717) is 19.0 Å². The fraction of sp³-hybridized carbons (Fsp3) is 0.917. The molecule has 0 aromatic carbocycles. The minimum absolute atomic E-state index is 0.178. The van der Waals surface area contributed by atoms with Gasteiger partial charge in [0, 0.05) is 25.7 Å². The molecule has 1 aliphatic rings. The maximum Gasteiger partial charge on any atom is 0.401 e. The minimum atomic E-state index is -4.18. The lowest BCUT2D eigenvalue weighted by molar-refractivity contribution is -0.141. The maximum atomic E-state index is 12.2. The van der Waals surface area contributed by atoms with Crippen LogP contribution >= 0.6 is 0 Å². The molecule has 1 fully saturated rings. The number of nitrogens with zero attached hydrogens (tertiary/aromatic N) is 1. The zero-order valence-corrected chi connectivity index (χ0v) is 11.3. The highest BCUT2D eigenvalue weighted by Gasteiger charge is 2.31. The van der Waals surface area contributed by atoms with Gasteiger partial charge in [0.05, 0.1) is 20.1 Å². The summed E-state index contributed by atoms with van der Waals surface area (Å²) in [5.41, 5.74) is 0. The van der Waals surface area contributed by atoms with Crippen LogP contribution in [0.5, 0.6) is 0 Å². The molecule has 1 heterocycles. The molecule has 0 aromatic heterocycles. The molecule has 7 heteroatoms. The molecule has 2 atom stereocenters. The monoisotopic (exact) mass is 282 g/mol. The number of halogens is 3. The number of carbonyl (C=O) groups is 1. The Hall–Kier alpha value is -0.820. The molecule has 1 N–H and O–H groups in total. The predicted octanol–water partition coefficient (Wildman–Crippen LogP) is 1.41. The highest BCUT2D eigenvalue weighted by Crippen LogP contribution is 2.19. The first-order valence-corrected chi connectivity index (χ1v) is 6.39. The van der Waals surface area contributed by atoms with Crippen molar-refractivity contribution in [2.75, 3.05) is 33.3 Å². The molecule has 4 nitrogen and oxygen atoms in total. The van der Waals surface area contributed by atoms with Crippen LogP contribution in [-0.2, 0) is 9.53 Å². The van der Waals surface area contributed by atoms with E-state index in [0.717, 1.165) is 13.0 Å². The van der Waals surface area contributed by atoms with Crippen LogP contribution < -0.4 is 5.32 Å². The summed E-state index contributed by atoms with van der Waals surface area (Å²) >= 11 is 0. The predicted molar refractivity (Wildman–Crippen MR) is 64.7 cm³/mol. The zero-order valence-electron chi connectivity index (χ0n) is 11.3. The summed E-state index contributed by atoms with van der Waals surface area (Å²) in [4.78, 5) is 13.1. The Bertz CT molecular complexity index is 297. The first kappa shape index (κ1) is 16.2. The van der Waals surface area contributed by atoms with Crippen LogP contribution in [0.1, 0.15) is 19.8 Å². The number of hydrogen-bond acceptors (Lipinski definition) is 4. The molecule has 1 saturated heterocycles. The van der Waals surface area contributed by atoms with E-state index in [1.807, 2.05) is 11.8 Å². The smallest absolute Gasteiger partial charge is 0.401 e. The number of likely N-dealkylation sites (tertiary alicyclic amines) is 1. The van der Waals surface area contributed by atoms with E-state index in [4.69, 9.17) is 0 Å². The number of alkyl halides is 3. The Morgan fingerprint density at radius 1 is 1.42 bits per heavy atom. The third-order valence-electron chi connectivity index (χ3n) is 3.19. The van der Waals surface area contributed by atoms with Crippen molar-refractivity contribution in [3.05, 3.63) is 0 Å². The highest BCUT2D eigenvalue weighted by molar-refractivity contribution is 5.69. The van der Waals surface area contributed by atoms with Crippen molar-refractivity contribution in [3.8, 4) is 0 Å². The molecule has 0 aromatic rings. The molecule has 0 amide bonds. The van der Waals surface area contributed by atoms with Gasteiger partial charge in [-0.15, -0.1) is 0 Å². The van der Waals surface area contributed by atoms with E-state index >= 15 is 0 Å². The summed E-state index contributed by atoms with van der Waals surface area (Å²) in [6.45, 7) is 2.92. The summed E-state index contributed by atoms with van der Waals surface area (Å²) < 4.78 is 41.1. The molecule has 0 radical (unpaired) electrons. The number of nitrogens with one attached hydrogen (secondary N) is 1. The van der Waals surface area contributed by atoms with Crippen molar-refractivity contribution in [1.29, 1.82) is 0 Å². The SMILES string of the molecule is COC(=O)CCN1CC(C)CC(NCC(F)(F)F)C1. The number of hydrogen-bond donors (Lipinski definition) is 1. The maximum absolute atomic E-state index is 12.2. The molecule has 0 aliphatic carbocycles. The van der Waals surface area contributed by atoms with E-state index in [1.54, 1.807) is 0 Å². The topological polar surface area (TPSA) is 41.6 Å². The third-order valence-corrected chi connectivity index (χ3v) is 3.19. The number of esters is 1. The molecule has 2 unspecified atom stereocenters. The Balaban J connectivity index is 2.37. The summed E-state index contributed by atoms with van der Waals surface area (Å²) in [7, 11) is 1.33. The second kappa shape index (κ2) is 7.09. The second-order valence-corrected chi connectivity index (χ2v) is 5.12. The van der Waals surface area contributed by atoms with Crippen LogP contribution in [0.25, 0.3) is 0 Å². The number of methoxy groups -OCH3 is 1. The lowest BCUT2D eigenvalue weighted by Crippen LogP contribution is -2.50. The first-order valence-electron chi connectivity index (χ1n) is 6.39. The number of rotatable bonds is 5. The van der Waals surface area contributed by atoms with Crippen LogP contribution in [0.3, 0.4) is 0 Å². The Morgan fingerprint density at radius 2 is 2.11 bits per heavy atom. The Kier molecular flexibility index (Phi) is 6.06. The lowest BCUT2D eigenvalue weighted by atomic mass is 9.96. The molecule has 1 rings (SSSR count). The van der Waals surface area contributed by atoms with E-state index in [1.165, 1.54) is 7.11 Å². The normalized spacial score (nSPS) is 25.3. The Labute approximate surface area is 111 Å². The van der Waals surface area contributed by atoms with Crippen LogP contribution in [0.4, 0.5) is 13.2 Å². The van der Waals surface area contributed by atoms with Crippen LogP contribution in [0, 0.1) is 5.92 Å². The van der Waals surface area contributed by atoms with E-state index in [-0.39, 0.29) is 18.4 Å². The molecular weight excluding hydrogens is 261 g/mol. The second-order valence-electron chi connectivity index (χ2n) is 5.12. The zero-order chi connectivity index (χ0) is 14.5. The van der Waals surface area contributed by atoms with Crippen molar-refractivity contribution >= 4 is 5.97 Å². The number of piperidine rings is 1. The summed E-state index contributed by atoms with van der Waals surface area (Å²) in [6.07, 6.45) is -3.18. The van der Waals surface area contributed by atoms with Gasteiger partial charge < -0.3 is 15.0 Å². The van der Waals surface area contributed by atoms with Crippen molar-refractivity contribution < 1.29 is 22.7 Å². The van der Waals surface area contributed by atoms with Gasteiger partial charge in [0.25, 0.3) is 0 Å². The standard InChI is InChI=1S/C12H21F3N2O2/c1-9-5-10(16-8-12(13,14)15)7-17(6-9)4-3-11(18)19-2/h9-10,16H,3-8H2,1-2H3. The third kappa shape index (κ3) is 6.77. The van der Waals surface area contributed by atoms with Crippen LogP contribution in [0.15, 0.2) is 0 Å². The van der Waals surface area contributed by atoms with Crippen molar-refractivity contribution in [2.24, 2.45) is 5.92 Å². The molecule has 1 aliphatic heterocycles. The van der Waals surface area contributed by atoms with Crippen LogP contribution in [-0.4, -0.2) is 56.4 Å². The first-order chi connectivity index (χ1) is 8.80. The fourth-order valence-corrected chi connectivity index (χ4v) is 2.40. The average molecular weight is 282 g/mol. The van der Waals surface area contributed by atoms with Crippen molar-refractivity contribution in [1.82, 2.24) is 10.2 Å². The van der Waals surface area contributed by atoms with E-state index in [9.17, 15) is 18.0 Å². The lowest BCUT2D eigenvalue weighted by Gasteiger charge is -2.36. The summed E-state index contributed by atoms with van der Waals surface area (Å²) in [5, 5.41) is 2.54. The molecule has 19 heavy (non-hydrogen) atoms. The van der Waals surface area contributed by atoms with Gasteiger partial charge in [-0.25, -0.2) is 0 Å². The largest absolute Gasteiger partial charge is 0.469 e. The van der Waals surface area contributed by atoms with Gasteiger partial charge in [0.2, 0.25) is 0 Å². The molecule has 0 bridgehead atoms. The summed E-state index contributed by atoms with van der Waals surface area (Å²) in [5.74, 6) is 0.0233. The molecule has 112 valence electrons. The fourth-order valence-electron chi connectivity index (χ4n) is 2.40. The van der Waals surface area contributed by atoms with Crippen molar-refractivity contribution in [2.45, 2.75) is 32.0 Å². The molecular formula is C12H21F3N2O2. The van der Waals surface area contributed by atoms with Crippen molar-refractivity contribution in [3.63, 3.8) is 0 Å². The van der Waals surface area contributed by atoms with E-state index in [2.05, 4.69) is 10.1 Å². The quantitative estimate of drug-likeness (QED) is 0.774. The van der Waals surface area contributed by atoms with Gasteiger partial charge in [-0.2, -0.15) is 13.2 Å². The van der Waals surface area contributed by atoms with E-state index < -0.39 is 12.7 Å². The van der Waals surface area contributed by atoms with Gasteiger partial charge in [0.1, 0.15) is 0 Å². The minimum Gasteiger partial charge on any atom is -0.469 e. The molecule has 0 spiro atoms. The summed E-state index contributed by atoms with van der Waals surface area (Å²) in [6, 6.07) is -0.178.